The summed E-state index contributed by atoms with van der Waals surface area (Å²) in [5.74, 6) is -0.467. The van der Waals surface area contributed by atoms with Gasteiger partial charge in [-0.05, 0) is 30.5 Å². The first-order valence-electron chi connectivity index (χ1n) is 6.50. The van der Waals surface area contributed by atoms with E-state index in [1.54, 1.807) is 24.3 Å². The fourth-order valence-corrected chi connectivity index (χ4v) is 2.90. The van der Waals surface area contributed by atoms with Crippen LogP contribution in [-0.2, 0) is 25.3 Å². The molecule has 0 heterocycles. The first-order valence-corrected chi connectivity index (χ1v) is 8.15. The molecule has 0 aromatic heterocycles. The molecule has 0 saturated carbocycles. The molecule has 0 amide bonds. The minimum atomic E-state index is -3.44. The SMILES string of the molecule is COC(=O)CCCCNS(=O)(=O)Cc1cccc(C#N)c1. The van der Waals surface area contributed by atoms with Crippen molar-refractivity contribution >= 4 is 16.0 Å². The Bertz CT molecular complexity index is 620. The smallest absolute Gasteiger partial charge is 0.305 e. The second kappa shape index (κ2) is 8.39. The summed E-state index contributed by atoms with van der Waals surface area (Å²) in [7, 11) is -2.12. The normalized spacial score (nSPS) is 10.9. The molecule has 0 spiro atoms. The van der Waals surface area contributed by atoms with Gasteiger partial charge < -0.3 is 4.74 Å². The van der Waals surface area contributed by atoms with Crippen LogP contribution in [0.3, 0.4) is 0 Å². The third-order valence-electron chi connectivity index (χ3n) is 2.77. The second-order valence-corrected chi connectivity index (χ2v) is 6.31. The minimum absolute atomic E-state index is 0.167. The third kappa shape index (κ3) is 6.88. The number of nitrogens with zero attached hydrogens (tertiary/aromatic N) is 1. The predicted octanol–water partition coefficient (Wildman–Crippen LogP) is 1.32. The Balaban J connectivity index is 2.40. The van der Waals surface area contributed by atoms with Gasteiger partial charge in [0.25, 0.3) is 0 Å². The quantitative estimate of drug-likeness (QED) is 0.577. The fraction of sp³-hybridized carbons (Fsp3) is 0.429. The summed E-state index contributed by atoms with van der Waals surface area (Å²) >= 11 is 0. The van der Waals surface area contributed by atoms with Gasteiger partial charge in [-0.1, -0.05) is 12.1 Å². The number of sulfonamides is 1. The first kappa shape index (κ1) is 17.1. The number of nitriles is 1. The van der Waals surface area contributed by atoms with Gasteiger partial charge >= 0.3 is 5.97 Å². The molecule has 21 heavy (non-hydrogen) atoms. The zero-order chi connectivity index (χ0) is 15.7. The maximum Gasteiger partial charge on any atom is 0.305 e. The third-order valence-corrected chi connectivity index (χ3v) is 4.13. The van der Waals surface area contributed by atoms with Crippen LogP contribution in [-0.4, -0.2) is 28.0 Å². The molecule has 0 saturated heterocycles. The molecule has 1 N–H and O–H groups in total. The summed E-state index contributed by atoms with van der Waals surface area (Å²) < 4.78 is 30.7. The molecule has 1 aromatic carbocycles. The van der Waals surface area contributed by atoms with E-state index in [1.807, 2.05) is 6.07 Å². The molecule has 1 rings (SSSR count). The number of hydrogen-bond donors (Lipinski definition) is 1. The zero-order valence-corrected chi connectivity index (χ0v) is 12.6. The van der Waals surface area contributed by atoms with Gasteiger partial charge in [0, 0.05) is 13.0 Å². The number of carbonyl (C=O) groups is 1. The highest BCUT2D eigenvalue weighted by molar-refractivity contribution is 7.88. The molecule has 0 aliphatic carbocycles. The molecule has 0 bridgehead atoms. The maximum absolute atomic E-state index is 11.9. The van der Waals surface area contributed by atoms with Crippen LogP contribution >= 0.6 is 0 Å². The van der Waals surface area contributed by atoms with Crippen molar-refractivity contribution in [2.45, 2.75) is 25.0 Å². The highest BCUT2D eigenvalue weighted by atomic mass is 32.2. The molecule has 6 nitrogen and oxygen atoms in total. The highest BCUT2D eigenvalue weighted by Crippen LogP contribution is 2.08. The lowest BCUT2D eigenvalue weighted by Gasteiger charge is -2.07. The van der Waals surface area contributed by atoms with E-state index in [9.17, 15) is 13.2 Å². The van der Waals surface area contributed by atoms with Gasteiger partial charge in [0.05, 0.1) is 24.5 Å². The lowest BCUT2D eigenvalue weighted by atomic mass is 10.2. The minimum Gasteiger partial charge on any atom is -0.469 e. The Hall–Kier alpha value is -1.91. The van der Waals surface area contributed by atoms with E-state index in [4.69, 9.17) is 5.26 Å². The van der Waals surface area contributed by atoms with Crippen molar-refractivity contribution in [3.05, 3.63) is 35.4 Å². The van der Waals surface area contributed by atoms with E-state index in [0.717, 1.165) is 0 Å². The zero-order valence-electron chi connectivity index (χ0n) is 11.8. The van der Waals surface area contributed by atoms with E-state index in [0.29, 0.717) is 24.0 Å². The number of carbonyl (C=O) groups excluding carboxylic acids is 1. The standard InChI is InChI=1S/C14H18N2O4S/c1-20-14(17)7-2-3-8-16-21(18,19)11-13-6-4-5-12(9-13)10-15/h4-6,9,16H,2-3,7-8,11H2,1H3. The summed E-state index contributed by atoms with van der Waals surface area (Å²) in [5, 5.41) is 8.77. The second-order valence-electron chi connectivity index (χ2n) is 4.50. The maximum atomic E-state index is 11.9. The number of hydrogen-bond acceptors (Lipinski definition) is 5. The van der Waals surface area contributed by atoms with Crippen molar-refractivity contribution in [1.82, 2.24) is 4.72 Å². The van der Waals surface area contributed by atoms with E-state index >= 15 is 0 Å². The van der Waals surface area contributed by atoms with Crippen molar-refractivity contribution < 1.29 is 17.9 Å². The van der Waals surface area contributed by atoms with Crippen LogP contribution in [0.4, 0.5) is 0 Å². The van der Waals surface area contributed by atoms with Crippen molar-refractivity contribution in [2.75, 3.05) is 13.7 Å². The van der Waals surface area contributed by atoms with Crippen LogP contribution in [0.25, 0.3) is 0 Å². The lowest BCUT2D eigenvalue weighted by Crippen LogP contribution is -2.26. The summed E-state index contributed by atoms with van der Waals surface area (Å²) in [5.41, 5.74) is 0.997. The van der Waals surface area contributed by atoms with Crippen molar-refractivity contribution in [1.29, 1.82) is 5.26 Å². The molecule has 7 heteroatoms. The van der Waals surface area contributed by atoms with Gasteiger partial charge in [0.2, 0.25) is 10.0 Å². The topological polar surface area (TPSA) is 96.3 Å². The Kier molecular flexibility index (Phi) is 6.85. The van der Waals surface area contributed by atoms with Crippen molar-refractivity contribution in [2.24, 2.45) is 0 Å². The van der Waals surface area contributed by atoms with Gasteiger partial charge in [-0.2, -0.15) is 5.26 Å². The van der Waals surface area contributed by atoms with Gasteiger partial charge in [0.1, 0.15) is 0 Å². The van der Waals surface area contributed by atoms with Gasteiger partial charge in [-0.3, -0.25) is 4.79 Å². The summed E-state index contributed by atoms with van der Waals surface area (Å²) in [6.07, 6.45) is 1.41. The summed E-state index contributed by atoms with van der Waals surface area (Å²) in [6, 6.07) is 8.46. The molecule has 0 aliphatic rings. The van der Waals surface area contributed by atoms with Crippen molar-refractivity contribution in [3.63, 3.8) is 0 Å². The number of rotatable bonds is 8. The number of unbranched alkanes of at least 4 members (excludes halogenated alkanes) is 1. The molecular formula is C14H18N2O4S. The number of ether oxygens (including phenoxy) is 1. The van der Waals surface area contributed by atoms with E-state index in [2.05, 4.69) is 9.46 Å². The monoisotopic (exact) mass is 310 g/mol. The van der Waals surface area contributed by atoms with Gasteiger partial charge in [0.15, 0.2) is 0 Å². The lowest BCUT2D eigenvalue weighted by molar-refractivity contribution is -0.140. The van der Waals surface area contributed by atoms with Crippen LogP contribution in [0.15, 0.2) is 24.3 Å². The predicted molar refractivity (Wildman–Crippen MR) is 77.7 cm³/mol. The van der Waals surface area contributed by atoms with E-state index < -0.39 is 10.0 Å². The molecule has 114 valence electrons. The number of esters is 1. The summed E-state index contributed by atoms with van der Waals surface area (Å²) in [6.45, 7) is 0.275. The molecular weight excluding hydrogens is 292 g/mol. The fourth-order valence-electron chi connectivity index (χ4n) is 1.73. The Morgan fingerprint density at radius 2 is 2.14 bits per heavy atom. The molecule has 0 radical (unpaired) electrons. The molecule has 0 aliphatic heterocycles. The van der Waals surface area contributed by atoms with Crippen LogP contribution < -0.4 is 4.72 Å². The van der Waals surface area contributed by atoms with Crippen molar-refractivity contribution in [3.8, 4) is 6.07 Å². The van der Waals surface area contributed by atoms with Crippen LogP contribution in [0.5, 0.6) is 0 Å². The Morgan fingerprint density at radius 1 is 1.38 bits per heavy atom. The molecule has 0 atom stereocenters. The average Bonchev–Trinajstić information content (AvgIpc) is 2.46. The molecule has 0 fully saturated rings. The van der Waals surface area contributed by atoms with E-state index in [-0.39, 0.29) is 24.7 Å². The van der Waals surface area contributed by atoms with Gasteiger partial charge in [-0.15, -0.1) is 0 Å². The number of methoxy groups -OCH3 is 1. The Morgan fingerprint density at radius 3 is 2.81 bits per heavy atom. The highest BCUT2D eigenvalue weighted by Gasteiger charge is 2.11. The number of nitrogens with one attached hydrogen (secondary N) is 1. The molecule has 0 unspecified atom stereocenters. The average molecular weight is 310 g/mol. The Labute approximate surface area is 124 Å². The summed E-state index contributed by atoms with van der Waals surface area (Å²) in [4.78, 5) is 10.9. The van der Waals surface area contributed by atoms with Crippen LogP contribution in [0.1, 0.15) is 30.4 Å². The van der Waals surface area contributed by atoms with Crippen LogP contribution in [0.2, 0.25) is 0 Å². The van der Waals surface area contributed by atoms with E-state index in [1.165, 1.54) is 7.11 Å². The molecule has 1 aromatic rings. The van der Waals surface area contributed by atoms with Gasteiger partial charge in [-0.25, -0.2) is 13.1 Å². The largest absolute Gasteiger partial charge is 0.469 e. The first-order chi connectivity index (χ1) is 9.96. The number of benzene rings is 1. The van der Waals surface area contributed by atoms with Crippen LogP contribution in [0, 0.1) is 11.3 Å².